The molecule has 0 spiro atoms. The van der Waals surface area contributed by atoms with E-state index in [1.54, 1.807) is 0 Å². The summed E-state index contributed by atoms with van der Waals surface area (Å²) in [5.74, 6) is 0.720. The Balaban J connectivity index is 2.32. The SMILES string of the molecule is CCCCCCCCS(=O)c1ccc(Br)cc1N. The molecule has 0 aliphatic heterocycles. The number of unbranched alkanes of at least 4 members (excludes halogenated alkanes) is 5. The zero-order valence-corrected chi connectivity index (χ0v) is 13.4. The number of anilines is 1. The molecular formula is C14H22BrNOS. The molecule has 0 fully saturated rings. The van der Waals surface area contributed by atoms with Crippen LogP contribution in [0, 0.1) is 0 Å². The molecule has 2 N–H and O–H groups in total. The number of benzene rings is 1. The van der Waals surface area contributed by atoms with Gasteiger partial charge in [0.25, 0.3) is 0 Å². The summed E-state index contributed by atoms with van der Waals surface area (Å²) in [6, 6.07) is 5.56. The molecule has 0 saturated carbocycles. The summed E-state index contributed by atoms with van der Waals surface area (Å²) in [4.78, 5) is 0.770. The van der Waals surface area contributed by atoms with Gasteiger partial charge in [0, 0.05) is 15.9 Å². The Morgan fingerprint density at radius 1 is 1.17 bits per heavy atom. The molecule has 0 aromatic heterocycles. The van der Waals surface area contributed by atoms with Crippen molar-refractivity contribution in [3.63, 3.8) is 0 Å². The van der Waals surface area contributed by atoms with Gasteiger partial charge in [0.2, 0.25) is 0 Å². The van der Waals surface area contributed by atoms with E-state index in [1.807, 2.05) is 18.2 Å². The molecule has 0 heterocycles. The first-order valence-corrected chi connectivity index (χ1v) is 8.69. The second-order valence-corrected chi connectivity index (χ2v) is 6.95. The zero-order valence-electron chi connectivity index (χ0n) is 11.0. The lowest BCUT2D eigenvalue weighted by atomic mass is 10.1. The first-order valence-electron chi connectivity index (χ1n) is 6.58. The number of hydrogen-bond acceptors (Lipinski definition) is 2. The van der Waals surface area contributed by atoms with E-state index in [2.05, 4.69) is 22.9 Å². The zero-order chi connectivity index (χ0) is 13.4. The average Bonchev–Trinajstić information content (AvgIpc) is 2.33. The van der Waals surface area contributed by atoms with Crippen molar-refractivity contribution in [2.45, 2.75) is 50.3 Å². The van der Waals surface area contributed by atoms with Crippen LogP contribution in [0.5, 0.6) is 0 Å². The van der Waals surface area contributed by atoms with Crippen molar-refractivity contribution in [2.24, 2.45) is 0 Å². The molecule has 2 nitrogen and oxygen atoms in total. The molecule has 1 aromatic rings. The molecule has 0 aliphatic carbocycles. The Morgan fingerprint density at radius 2 is 1.83 bits per heavy atom. The van der Waals surface area contributed by atoms with Crippen LogP contribution in [0.4, 0.5) is 5.69 Å². The monoisotopic (exact) mass is 331 g/mol. The van der Waals surface area contributed by atoms with Gasteiger partial charge in [-0.15, -0.1) is 0 Å². The molecule has 4 heteroatoms. The van der Waals surface area contributed by atoms with Gasteiger partial charge in [0.15, 0.2) is 0 Å². The van der Waals surface area contributed by atoms with Crippen LogP contribution in [0.25, 0.3) is 0 Å². The van der Waals surface area contributed by atoms with Gasteiger partial charge >= 0.3 is 0 Å². The third kappa shape index (κ3) is 5.53. The number of rotatable bonds is 8. The van der Waals surface area contributed by atoms with Gasteiger partial charge in [0.1, 0.15) is 0 Å². The minimum absolute atomic E-state index is 0.619. The fourth-order valence-corrected chi connectivity index (χ4v) is 3.46. The standard InChI is InChI=1S/C14H22BrNOS/c1-2-3-4-5-6-7-10-18(17)14-9-8-12(15)11-13(14)16/h8-9,11H,2-7,10,16H2,1H3. The van der Waals surface area contributed by atoms with Gasteiger partial charge in [-0.2, -0.15) is 0 Å². The molecule has 1 atom stereocenters. The summed E-state index contributed by atoms with van der Waals surface area (Å²) in [6.07, 6.45) is 7.31. The fraction of sp³-hybridized carbons (Fsp3) is 0.571. The topological polar surface area (TPSA) is 43.1 Å². The van der Waals surface area contributed by atoms with E-state index in [9.17, 15) is 4.21 Å². The highest BCUT2D eigenvalue weighted by Crippen LogP contribution is 2.22. The number of hydrogen-bond donors (Lipinski definition) is 1. The van der Waals surface area contributed by atoms with Crippen molar-refractivity contribution in [3.8, 4) is 0 Å². The molecule has 0 saturated heterocycles. The highest BCUT2D eigenvalue weighted by atomic mass is 79.9. The number of nitrogens with two attached hydrogens (primary N) is 1. The first-order chi connectivity index (χ1) is 8.65. The van der Waals surface area contributed by atoms with Gasteiger partial charge in [-0.1, -0.05) is 55.0 Å². The summed E-state index contributed by atoms with van der Waals surface area (Å²) < 4.78 is 13.0. The fourth-order valence-electron chi connectivity index (χ4n) is 1.85. The minimum Gasteiger partial charge on any atom is -0.398 e. The van der Waals surface area contributed by atoms with E-state index in [0.717, 1.165) is 21.5 Å². The Hall–Kier alpha value is -0.350. The van der Waals surface area contributed by atoms with E-state index in [1.165, 1.54) is 32.1 Å². The normalized spacial score (nSPS) is 12.6. The Morgan fingerprint density at radius 3 is 2.50 bits per heavy atom. The summed E-state index contributed by atoms with van der Waals surface area (Å²) in [5.41, 5.74) is 6.49. The summed E-state index contributed by atoms with van der Waals surface area (Å²) in [5, 5.41) is 0. The van der Waals surface area contributed by atoms with E-state index in [0.29, 0.717) is 5.69 Å². The van der Waals surface area contributed by atoms with Crippen LogP contribution in [-0.2, 0) is 10.8 Å². The minimum atomic E-state index is -0.956. The summed E-state index contributed by atoms with van der Waals surface area (Å²) >= 11 is 3.35. The lowest BCUT2D eigenvalue weighted by Crippen LogP contribution is -2.02. The molecule has 18 heavy (non-hydrogen) atoms. The van der Waals surface area contributed by atoms with Crippen molar-refractivity contribution < 1.29 is 4.21 Å². The van der Waals surface area contributed by atoms with Crippen LogP contribution in [0.2, 0.25) is 0 Å². The average molecular weight is 332 g/mol. The van der Waals surface area contributed by atoms with Crippen molar-refractivity contribution in [1.82, 2.24) is 0 Å². The molecule has 102 valence electrons. The largest absolute Gasteiger partial charge is 0.398 e. The van der Waals surface area contributed by atoms with Crippen molar-refractivity contribution in [3.05, 3.63) is 22.7 Å². The van der Waals surface area contributed by atoms with Crippen LogP contribution in [0.15, 0.2) is 27.6 Å². The van der Waals surface area contributed by atoms with Crippen LogP contribution in [-0.4, -0.2) is 9.96 Å². The predicted molar refractivity (Wildman–Crippen MR) is 83.2 cm³/mol. The van der Waals surface area contributed by atoms with Crippen molar-refractivity contribution in [2.75, 3.05) is 11.5 Å². The lowest BCUT2D eigenvalue weighted by Gasteiger charge is -2.06. The molecule has 0 bridgehead atoms. The molecule has 1 aromatic carbocycles. The highest BCUT2D eigenvalue weighted by Gasteiger charge is 2.07. The summed E-state index contributed by atoms with van der Waals surface area (Å²) in [6.45, 7) is 2.21. The van der Waals surface area contributed by atoms with Gasteiger partial charge in [-0.3, -0.25) is 4.21 Å². The van der Waals surface area contributed by atoms with Crippen molar-refractivity contribution in [1.29, 1.82) is 0 Å². The van der Waals surface area contributed by atoms with Crippen LogP contribution in [0.3, 0.4) is 0 Å². The highest BCUT2D eigenvalue weighted by molar-refractivity contribution is 9.10. The Kier molecular flexibility index (Phi) is 7.59. The molecule has 1 unspecified atom stereocenters. The second kappa shape index (κ2) is 8.70. The van der Waals surface area contributed by atoms with Gasteiger partial charge in [0.05, 0.1) is 15.7 Å². The van der Waals surface area contributed by atoms with E-state index in [4.69, 9.17) is 5.73 Å². The van der Waals surface area contributed by atoms with Crippen LogP contribution >= 0.6 is 15.9 Å². The van der Waals surface area contributed by atoms with Crippen molar-refractivity contribution >= 4 is 32.4 Å². The maximum atomic E-state index is 12.1. The molecule has 0 radical (unpaired) electrons. The van der Waals surface area contributed by atoms with E-state index < -0.39 is 10.8 Å². The van der Waals surface area contributed by atoms with Gasteiger partial charge < -0.3 is 5.73 Å². The quantitative estimate of drug-likeness (QED) is 0.563. The first kappa shape index (κ1) is 15.7. The summed E-state index contributed by atoms with van der Waals surface area (Å²) in [7, 11) is -0.956. The number of nitrogen functional groups attached to an aromatic ring is 1. The lowest BCUT2D eigenvalue weighted by molar-refractivity contribution is 0.622. The molecule has 0 amide bonds. The maximum Gasteiger partial charge on any atom is 0.0618 e. The van der Waals surface area contributed by atoms with Gasteiger partial charge in [-0.05, 0) is 24.6 Å². The Labute approximate surface area is 121 Å². The third-order valence-corrected chi connectivity index (χ3v) is 4.92. The van der Waals surface area contributed by atoms with Crippen LogP contribution < -0.4 is 5.73 Å². The number of halogens is 1. The predicted octanol–water partition coefficient (Wildman–Crippen LogP) is 4.50. The third-order valence-electron chi connectivity index (χ3n) is 2.90. The van der Waals surface area contributed by atoms with E-state index >= 15 is 0 Å². The maximum absolute atomic E-state index is 12.1. The molecule has 1 rings (SSSR count). The smallest absolute Gasteiger partial charge is 0.0618 e. The van der Waals surface area contributed by atoms with Gasteiger partial charge in [-0.25, -0.2) is 0 Å². The van der Waals surface area contributed by atoms with E-state index in [-0.39, 0.29) is 0 Å². The van der Waals surface area contributed by atoms with Crippen LogP contribution in [0.1, 0.15) is 45.4 Å². The second-order valence-electron chi connectivity index (χ2n) is 4.50. The molecule has 0 aliphatic rings. The molecular weight excluding hydrogens is 310 g/mol. The Bertz CT molecular complexity index is 395.